The number of benzene rings is 1. The quantitative estimate of drug-likeness (QED) is 0.563. The van der Waals surface area contributed by atoms with Gasteiger partial charge in [-0.1, -0.05) is 17.7 Å². The van der Waals surface area contributed by atoms with Gasteiger partial charge in [-0.05, 0) is 44.1 Å². The summed E-state index contributed by atoms with van der Waals surface area (Å²) in [5.41, 5.74) is 1.47. The molecule has 1 atom stereocenters. The van der Waals surface area contributed by atoms with Gasteiger partial charge < -0.3 is 20.5 Å². The van der Waals surface area contributed by atoms with Crippen molar-refractivity contribution in [1.82, 2.24) is 10.2 Å². The fourth-order valence-electron chi connectivity index (χ4n) is 2.72. The number of ether oxygens (including phenoxy) is 1. The molecule has 144 valence electrons. The van der Waals surface area contributed by atoms with E-state index in [1.54, 1.807) is 18.2 Å². The first kappa shape index (κ1) is 20.6. The molecular formula is C18H26ClN3O4. The first-order valence-electron chi connectivity index (χ1n) is 8.78. The van der Waals surface area contributed by atoms with Crippen LogP contribution in [0.3, 0.4) is 0 Å². The smallest absolute Gasteiger partial charge is 0.321 e. The number of halogens is 1. The van der Waals surface area contributed by atoms with Crippen LogP contribution in [0.25, 0.3) is 0 Å². The van der Waals surface area contributed by atoms with Gasteiger partial charge in [0.05, 0.1) is 19.6 Å². The number of hydrogen-bond acceptors (Lipinski definition) is 5. The number of carbonyl (C=O) groups excluding carboxylic acids is 1. The summed E-state index contributed by atoms with van der Waals surface area (Å²) in [6, 6.07) is 4.28. The fourth-order valence-corrected chi connectivity index (χ4v) is 2.90. The van der Waals surface area contributed by atoms with E-state index in [1.165, 1.54) is 0 Å². The first-order valence-corrected chi connectivity index (χ1v) is 9.16. The molecule has 1 aliphatic heterocycles. The molecule has 2 rings (SSSR count). The van der Waals surface area contributed by atoms with E-state index in [4.69, 9.17) is 16.3 Å². The molecule has 8 heteroatoms. The SMILES string of the molecule is Cc1ccc(NC(=O)CC(NCCCN2CCOCC2)C(=O)O)cc1Cl. The van der Waals surface area contributed by atoms with Crippen molar-refractivity contribution < 1.29 is 19.4 Å². The van der Waals surface area contributed by atoms with Gasteiger partial charge in [-0.25, -0.2) is 0 Å². The molecule has 0 aromatic heterocycles. The van der Waals surface area contributed by atoms with Crippen LogP contribution in [0.2, 0.25) is 5.02 Å². The summed E-state index contributed by atoms with van der Waals surface area (Å²) in [6.07, 6.45) is 0.678. The standard InChI is InChI=1S/C18H26ClN3O4/c1-13-3-4-14(11-15(13)19)21-17(23)12-16(18(24)25)20-5-2-6-22-7-9-26-10-8-22/h3-4,11,16,20H,2,5-10,12H2,1H3,(H,21,23)(H,24,25). The van der Waals surface area contributed by atoms with Crippen molar-refractivity contribution in [2.24, 2.45) is 0 Å². The topological polar surface area (TPSA) is 90.9 Å². The maximum atomic E-state index is 12.1. The third-order valence-corrected chi connectivity index (χ3v) is 4.70. The van der Waals surface area contributed by atoms with E-state index in [-0.39, 0.29) is 12.3 Å². The van der Waals surface area contributed by atoms with Crippen LogP contribution in [-0.2, 0) is 14.3 Å². The Balaban J connectivity index is 1.74. The van der Waals surface area contributed by atoms with Gasteiger partial charge in [0, 0.05) is 23.8 Å². The number of rotatable bonds is 9. The molecule has 1 saturated heterocycles. The lowest BCUT2D eigenvalue weighted by Gasteiger charge is -2.26. The van der Waals surface area contributed by atoms with E-state index in [0.717, 1.165) is 44.8 Å². The highest BCUT2D eigenvalue weighted by Crippen LogP contribution is 2.20. The summed E-state index contributed by atoms with van der Waals surface area (Å²) in [5, 5.41) is 15.5. The molecule has 1 aromatic carbocycles. The van der Waals surface area contributed by atoms with E-state index < -0.39 is 12.0 Å². The van der Waals surface area contributed by atoms with Crippen molar-refractivity contribution in [2.75, 3.05) is 44.7 Å². The second-order valence-electron chi connectivity index (χ2n) is 6.37. The highest BCUT2D eigenvalue weighted by atomic mass is 35.5. The minimum Gasteiger partial charge on any atom is -0.480 e. The molecule has 1 aliphatic rings. The number of carboxylic acid groups (broad SMARTS) is 1. The third kappa shape index (κ3) is 6.92. The molecule has 0 saturated carbocycles. The normalized spacial score (nSPS) is 16.2. The first-order chi connectivity index (χ1) is 12.5. The summed E-state index contributed by atoms with van der Waals surface area (Å²) < 4.78 is 5.29. The third-order valence-electron chi connectivity index (χ3n) is 4.29. The van der Waals surface area contributed by atoms with Gasteiger partial charge in [0.25, 0.3) is 0 Å². The van der Waals surface area contributed by atoms with Crippen LogP contribution in [0.15, 0.2) is 18.2 Å². The Labute approximate surface area is 158 Å². The fraction of sp³-hybridized carbons (Fsp3) is 0.556. The highest BCUT2D eigenvalue weighted by molar-refractivity contribution is 6.31. The molecule has 0 aliphatic carbocycles. The molecule has 7 nitrogen and oxygen atoms in total. The molecule has 1 amide bonds. The Bertz CT molecular complexity index is 620. The summed E-state index contributed by atoms with van der Waals surface area (Å²) in [7, 11) is 0. The van der Waals surface area contributed by atoms with Crippen molar-refractivity contribution in [2.45, 2.75) is 25.8 Å². The Morgan fingerprint density at radius 3 is 2.73 bits per heavy atom. The minimum absolute atomic E-state index is 0.140. The van der Waals surface area contributed by atoms with Gasteiger partial charge in [-0.3, -0.25) is 14.5 Å². The second-order valence-corrected chi connectivity index (χ2v) is 6.78. The summed E-state index contributed by atoms with van der Waals surface area (Å²) in [4.78, 5) is 25.8. The Kier molecular flexibility index (Phi) is 8.31. The molecule has 0 bridgehead atoms. The van der Waals surface area contributed by atoms with E-state index >= 15 is 0 Å². The lowest BCUT2D eigenvalue weighted by Crippen LogP contribution is -2.42. The summed E-state index contributed by atoms with van der Waals surface area (Å²) in [5.74, 6) is -1.40. The van der Waals surface area contributed by atoms with Crippen LogP contribution < -0.4 is 10.6 Å². The number of hydrogen-bond donors (Lipinski definition) is 3. The number of anilines is 1. The van der Waals surface area contributed by atoms with E-state index in [2.05, 4.69) is 15.5 Å². The summed E-state index contributed by atoms with van der Waals surface area (Å²) >= 11 is 6.03. The largest absolute Gasteiger partial charge is 0.480 e. The maximum Gasteiger partial charge on any atom is 0.321 e. The second kappa shape index (κ2) is 10.5. The number of aliphatic carboxylic acids is 1. The van der Waals surface area contributed by atoms with Gasteiger partial charge in [0.2, 0.25) is 5.91 Å². The number of carboxylic acids is 1. The van der Waals surface area contributed by atoms with Crippen molar-refractivity contribution in [3.8, 4) is 0 Å². The number of aryl methyl sites for hydroxylation is 1. The molecule has 0 radical (unpaired) electrons. The van der Waals surface area contributed by atoms with Crippen LogP contribution in [0.1, 0.15) is 18.4 Å². The maximum absolute atomic E-state index is 12.1. The predicted molar refractivity (Wildman–Crippen MR) is 101 cm³/mol. The molecule has 1 unspecified atom stereocenters. The number of amides is 1. The average molecular weight is 384 g/mol. The molecular weight excluding hydrogens is 358 g/mol. The Hall–Kier alpha value is -1.67. The van der Waals surface area contributed by atoms with Gasteiger partial charge in [0.15, 0.2) is 0 Å². The van der Waals surface area contributed by atoms with Crippen LogP contribution in [0, 0.1) is 6.92 Å². The minimum atomic E-state index is -1.03. The zero-order valence-electron chi connectivity index (χ0n) is 15.0. The van der Waals surface area contributed by atoms with Crippen LogP contribution in [0.4, 0.5) is 5.69 Å². The van der Waals surface area contributed by atoms with Crippen LogP contribution in [0.5, 0.6) is 0 Å². The number of morpholine rings is 1. The van der Waals surface area contributed by atoms with Crippen LogP contribution >= 0.6 is 11.6 Å². The molecule has 0 spiro atoms. The van der Waals surface area contributed by atoms with Crippen LogP contribution in [-0.4, -0.2) is 67.3 Å². The Morgan fingerprint density at radius 1 is 1.35 bits per heavy atom. The number of carbonyl (C=O) groups is 2. The van der Waals surface area contributed by atoms with Gasteiger partial charge in [-0.2, -0.15) is 0 Å². The molecule has 3 N–H and O–H groups in total. The zero-order chi connectivity index (χ0) is 18.9. The number of nitrogens with one attached hydrogen (secondary N) is 2. The molecule has 1 heterocycles. The molecule has 1 fully saturated rings. The molecule has 26 heavy (non-hydrogen) atoms. The van der Waals surface area contributed by atoms with Gasteiger partial charge in [0.1, 0.15) is 6.04 Å². The highest BCUT2D eigenvalue weighted by Gasteiger charge is 2.21. The Morgan fingerprint density at radius 2 is 2.08 bits per heavy atom. The monoisotopic (exact) mass is 383 g/mol. The lowest BCUT2D eigenvalue weighted by atomic mass is 10.1. The zero-order valence-corrected chi connectivity index (χ0v) is 15.7. The predicted octanol–water partition coefficient (Wildman–Crippen LogP) is 1.74. The lowest BCUT2D eigenvalue weighted by molar-refractivity contribution is -0.141. The van der Waals surface area contributed by atoms with Crippen molar-refractivity contribution >= 4 is 29.2 Å². The van der Waals surface area contributed by atoms with Crippen molar-refractivity contribution in [1.29, 1.82) is 0 Å². The van der Waals surface area contributed by atoms with E-state index in [9.17, 15) is 14.7 Å². The van der Waals surface area contributed by atoms with E-state index in [0.29, 0.717) is 17.3 Å². The van der Waals surface area contributed by atoms with Crippen molar-refractivity contribution in [3.63, 3.8) is 0 Å². The molecule has 1 aromatic rings. The van der Waals surface area contributed by atoms with Gasteiger partial charge in [-0.15, -0.1) is 0 Å². The number of nitrogens with zero attached hydrogens (tertiary/aromatic N) is 1. The summed E-state index contributed by atoms with van der Waals surface area (Å²) in [6.45, 7) is 6.60. The average Bonchev–Trinajstić information content (AvgIpc) is 2.61. The van der Waals surface area contributed by atoms with Crippen molar-refractivity contribution in [3.05, 3.63) is 28.8 Å². The van der Waals surface area contributed by atoms with E-state index in [1.807, 2.05) is 6.92 Å². The van der Waals surface area contributed by atoms with Gasteiger partial charge >= 0.3 is 5.97 Å².